The molecule has 10 nitrogen and oxygen atoms in total. The van der Waals surface area contributed by atoms with Crippen LogP contribution in [0.2, 0.25) is 0 Å². The Morgan fingerprint density at radius 3 is 2.59 bits per heavy atom. The van der Waals surface area contributed by atoms with Crippen LogP contribution < -0.4 is 21.1 Å². The smallest absolute Gasteiger partial charge is 0.325 e. The van der Waals surface area contributed by atoms with E-state index < -0.39 is 35.8 Å². The van der Waals surface area contributed by atoms with E-state index in [0.29, 0.717) is 16.9 Å². The van der Waals surface area contributed by atoms with Crippen LogP contribution >= 0.6 is 0 Å². The van der Waals surface area contributed by atoms with Crippen LogP contribution in [-0.4, -0.2) is 41.8 Å². The Labute approximate surface area is 183 Å². The summed E-state index contributed by atoms with van der Waals surface area (Å²) in [6, 6.07) is 14.3. The van der Waals surface area contributed by atoms with Crippen molar-refractivity contribution >= 4 is 23.8 Å². The van der Waals surface area contributed by atoms with Gasteiger partial charge in [0, 0.05) is 6.54 Å². The van der Waals surface area contributed by atoms with E-state index in [1.165, 1.54) is 13.0 Å². The number of carbonyl (C=O) groups excluding carboxylic acids is 4. The molecule has 1 unspecified atom stereocenters. The van der Waals surface area contributed by atoms with E-state index in [0.717, 1.165) is 10.5 Å². The van der Waals surface area contributed by atoms with Gasteiger partial charge in [-0.3, -0.25) is 19.3 Å². The van der Waals surface area contributed by atoms with Crippen LogP contribution in [0.1, 0.15) is 23.6 Å². The monoisotopic (exact) mass is 435 g/mol. The summed E-state index contributed by atoms with van der Waals surface area (Å²) in [6.45, 7) is 1.02. The van der Waals surface area contributed by atoms with Crippen LogP contribution in [-0.2, 0) is 26.5 Å². The van der Waals surface area contributed by atoms with E-state index in [1.54, 1.807) is 42.5 Å². The van der Waals surface area contributed by atoms with E-state index >= 15 is 0 Å². The molecule has 1 fully saturated rings. The fourth-order valence-electron chi connectivity index (χ4n) is 3.19. The largest absolute Gasteiger partial charge is 0.484 e. The minimum Gasteiger partial charge on any atom is -0.484 e. The highest BCUT2D eigenvalue weighted by atomic mass is 16.5. The third-order valence-corrected chi connectivity index (χ3v) is 4.94. The van der Waals surface area contributed by atoms with Gasteiger partial charge in [-0.15, -0.1) is 0 Å². The molecule has 2 aromatic carbocycles. The summed E-state index contributed by atoms with van der Waals surface area (Å²) < 4.78 is 5.16. The highest BCUT2D eigenvalue weighted by Crippen LogP contribution is 2.29. The zero-order valence-corrected chi connectivity index (χ0v) is 17.3. The van der Waals surface area contributed by atoms with E-state index in [9.17, 15) is 19.2 Å². The second-order valence-electron chi connectivity index (χ2n) is 7.31. The van der Waals surface area contributed by atoms with Gasteiger partial charge in [-0.05, 0) is 42.3 Å². The Hall–Kier alpha value is -4.39. The van der Waals surface area contributed by atoms with Crippen molar-refractivity contribution in [1.82, 2.24) is 15.5 Å². The highest BCUT2D eigenvalue weighted by Gasteiger charge is 2.49. The first kappa shape index (κ1) is 22.3. The fourth-order valence-corrected chi connectivity index (χ4v) is 3.19. The number of urea groups is 1. The fraction of sp³-hybridized carbons (Fsp3) is 0.227. The Kier molecular flexibility index (Phi) is 6.39. The number of nitrogens with one attached hydrogen (secondary N) is 2. The first-order valence-corrected chi connectivity index (χ1v) is 9.64. The number of imide groups is 1. The molecule has 1 aliphatic heterocycles. The molecule has 164 valence electrons. The maximum atomic E-state index is 12.9. The molecule has 3 rings (SSSR count). The van der Waals surface area contributed by atoms with Crippen molar-refractivity contribution in [3.8, 4) is 11.8 Å². The van der Waals surface area contributed by atoms with Gasteiger partial charge in [-0.25, -0.2) is 4.79 Å². The Balaban J connectivity index is 1.59. The van der Waals surface area contributed by atoms with Crippen LogP contribution in [0.15, 0.2) is 48.5 Å². The minimum atomic E-state index is -1.37. The molecule has 1 saturated heterocycles. The summed E-state index contributed by atoms with van der Waals surface area (Å²) in [7, 11) is 0. The standard InChI is InChI=1S/C22H21N5O5/c1-22(16-4-2-3-15(9-16)10-23)20(30)27(21(31)26-22)12-19(29)25-11-14-5-7-17(8-6-14)32-13-18(24)28/h2-9H,11-13H2,1H3,(H2,24,28)(H,25,29)(H,26,31). The van der Waals surface area contributed by atoms with Crippen molar-refractivity contribution in [2.24, 2.45) is 5.73 Å². The summed E-state index contributed by atoms with van der Waals surface area (Å²) in [5.41, 5.74) is 5.21. The molecule has 5 amide bonds. The molecule has 1 atom stereocenters. The number of primary amides is 1. The SMILES string of the molecule is CC1(c2cccc(C#N)c2)NC(=O)N(CC(=O)NCc2ccc(OCC(N)=O)cc2)C1=O. The van der Waals surface area contributed by atoms with E-state index in [-0.39, 0.29) is 13.2 Å². The van der Waals surface area contributed by atoms with Crippen LogP contribution in [0.3, 0.4) is 0 Å². The van der Waals surface area contributed by atoms with Crippen molar-refractivity contribution in [2.45, 2.75) is 19.0 Å². The first-order chi connectivity index (χ1) is 15.2. The number of carbonyl (C=O) groups is 4. The van der Waals surface area contributed by atoms with Crippen LogP contribution in [0.5, 0.6) is 5.75 Å². The number of ether oxygens (including phenoxy) is 1. The lowest BCUT2D eigenvalue weighted by molar-refractivity contribution is -0.134. The molecular weight excluding hydrogens is 414 g/mol. The summed E-state index contributed by atoms with van der Waals surface area (Å²) in [6.07, 6.45) is 0. The molecule has 4 N–H and O–H groups in total. The van der Waals surface area contributed by atoms with Crippen molar-refractivity contribution < 1.29 is 23.9 Å². The van der Waals surface area contributed by atoms with Crippen molar-refractivity contribution in [3.63, 3.8) is 0 Å². The van der Waals surface area contributed by atoms with Crippen LogP contribution in [0.25, 0.3) is 0 Å². The van der Waals surface area contributed by atoms with Crippen LogP contribution in [0, 0.1) is 11.3 Å². The molecule has 0 aromatic heterocycles. The normalized spacial score (nSPS) is 17.4. The topological polar surface area (TPSA) is 155 Å². The molecule has 1 heterocycles. The van der Waals surface area contributed by atoms with E-state index in [2.05, 4.69) is 10.6 Å². The number of nitrogens with zero attached hydrogens (tertiary/aromatic N) is 2. The average molecular weight is 435 g/mol. The highest BCUT2D eigenvalue weighted by molar-refractivity contribution is 6.09. The maximum Gasteiger partial charge on any atom is 0.325 e. The number of hydrogen-bond acceptors (Lipinski definition) is 6. The number of amides is 5. The molecule has 0 bridgehead atoms. The van der Waals surface area contributed by atoms with E-state index in [1.807, 2.05) is 6.07 Å². The van der Waals surface area contributed by atoms with Gasteiger partial charge in [-0.2, -0.15) is 5.26 Å². The molecule has 0 radical (unpaired) electrons. The summed E-state index contributed by atoms with van der Waals surface area (Å²) in [4.78, 5) is 49.2. The molecule has 0 aliphatic carbocycles. The molecule has 10 heteroatoms. The van der Waals surface area contributed by atoms with E-state index in [4.69, 9.17) is 15.7 Å². The second kappa shape index (κ2) is 9.18. The van der Waals surface area contributed by atoms with Gasteiger partial charge < -0.3 is 21.1 Å². The summed E-state index contributed by atoms with van der Waals surface area (Å²) >= 11 is 0. The third kappa shape index (κ3) is 4.84. The van der Waals surface area contributed by atoms with Gasteiger partial charge in [-0.1, -0.05) is 24.3 Å². The lowest BCUT2D eigenvalue weighted by Crippen LogP contribution is -2.43. The summed E-state index contributed by atoms with van der Waals surface area (Å²) in [5.74, 6) is -1.23. The molecule has 0 spiro atoms. The Morgan fingerprint density at radius 1 is 1.22 bits per heavy atom. The van der Waals surface area contributed by atoms with Crippen LogP contribution in [0.4, 0.5) is 4.79 Å². The van der Waals surface area contributed by atoms with Gasteiger partial charge in [0.1, 0.15) is 17.8 Å². The molecule has 2 aromatic rings. The minimum absolute atomic E-state index is 0.167. The number of hydrogen-bond donors (Lipinski definition) is 3. The Morgan fingerprint density at radius 2 is 1.94 bits per heavy atom. The average Bonchev–Trinajstić information content (AvgIpc) is 3.00. The summed E-state index contributed by atoms with van der Waals surface area (Å²) in [5, 5.41) is 14.3. The van der Waals surface area contributed by atoms with Gasteiger partial charge in [0.15, 0.2) is 6.61 Å². The van der Waals surface area contributed by atoms with Gasteiger partial charge in [0.25, 0.3) is 11.8 Å². The number of nitrogens with two attached hydrogens (primary N) is 1. The quantitative estimate of drug-likeness (QED) is 0.513. The zero-order chi connectivity index (χ0) is 23.3. The molecule has 1 aliphatic rings. The molecular formula is C22H21N5O5. The lowest BCUT2D eigenvalue weighted by Gasteiger charge is -2.22. The second-order valence-corrected chi connectivity index (χ2v) is 7.31. The predicted molar refractivity (Wildman–Crippen MR) is 112 cm³/mol. The van der Waals surface area contributed by atoms with Crippen molar-refractivity contribution in [3.05, 3.63) is 65.2 Å². The number of nitriles is 1. The van der Waals surface area contributed by atoms with Gasteiger partial charge >= 0.3 is 6.03 Å². The predicted octanol–water partition coefficient (Wildman–Crippen LogP) is 0.506. The number of rotatable bonds is 8. The van der Waals surface area contributed by atoms with Gasteiger partial charge in [0.2, 0.25) is 5.91 Å². The Bertz CT molecular complexity index is 1110. The maximum absolute atomic E-state index is 12.9. The molecule has 0 saturated carbocycles. The van der Waals surface area contributed by atoms with Gasteiger partial charge in [0.05, 0.1) is 11.6 Å². The van der Waals surface area contributed by atoms with Crippen molar-refractivity contribution in [1.29, 1.82) is 5.26 Å². The lowest BCUT2D eigenvalue weighted by atomic mass is 9.91. The number of benzene rings is 2. The molecule has 32 heavy (non-hydrogen) atoms. The van der Waals surface area contributed by atoms with Crippen molar-refractivity contribution in [2.75, 3.05) is 13.2 Å². The first-order valence-electron chi connectivity index (χ1n) is 9.64. The zero-order valence-electron chi connectivity index (χ0n) is 17.3. The third-order valence-electron chi connectivity index (χ3n) is 4.94.